The molecule has 0 bridgehead atoms. The lowest BCUT2D eigenvalue weighted by Gasteiger charge is -2.10. The summed E-state index contributed by atoms with van der Waals surface area (Å²) in [4.78, 5) is 24.6. The average Bonchev–Trinajstić information content (AvgIpc) is 3.00. The molecular weight excluding hydrogens is 395 g/mol. The van der Waals surface area contributed by atoms with E-state index in [1.165, 1.54) is 0 Å². The van der Waals surface area contributed by atoms with Crippen LogP contribution in [0.2, 0.25) is 10.0 Å². The number of allylic oxidation sites excluding steroid dienone is 4. The van der Waals surface area contributed by atoms with E-state index in [2.05, 4.69) is 10.6 Å². The molecule has 0 aliphatic heterocycles. The molecule has 0 saturated carbocycles. The van der Waals surface area contributed by atoms with Crippen molar-refractivity contribution in [2.24, 2.45) is 0 Å². The van der Waals surface area contributed by atoms with E-state index >= 15 is 0 Å². The number of carboxylic acids is 1. The predicted molar refractivity (Wildman–Crippen MR) is 109 cm³/mol. The molecule has 26 heavy (non-hydrogen) atoms. The summed E-state index contributed by atoms with van der Waals surface area (Å²) in [5.41, 5.74) is 1.31. The van der Waals surface area contributed by atoms with E-state index in [-0.39, 0.29) is 26.3 Å². The molecule has 3 N–H and O–H groups in total. The molecule has 1 heterocycles. The van der Waals surface area contributed by atoms with Gasteiger partial charge >= 0.3 is 12.0 Å². The van der Waals surface area contributed by atoms with E-state index in [1.807, 2.05) is 32.1 Å². The Hall–Kier alpha value is -2.28. The van der Waals surface area contributed by atoms with Crippen molar-refractivity contribution >= 4 is 63.5 Å². The Morgan fingerprint density at radius 1 is 1.15 bits per heavy atom. The third kappa shape index (κ3) is 4.66. The van der Waals surface area contributed by atoms with Gasteiger partial charge in [-0.3, -0.25) is 0 Å². The van der Waals surface area contributed by atoms with Crippen LogP contribution in [0.3, 0.4) is 0 Å². The summed E-state index contributed by atoms with van der Waals surface area (Å²) >= 11 is 13.1. The first-order valence-electron chi connectivity index (χ1n) is 7.55. The minimum Gasteiger partial charge on any atom is -0.477 e. The summed E-state index contributed by atoms with van der Waals surface area (Å²) in [6, 6.07) is 5.81. The maximum Gasteiger partial charge on any atom is 0.348 e. The number of carbonyl (C=O) groups excluding carboxylic acids is 1. The van der Waals surface area contributed by atoms with Crippen LogP contribution in [-0.4, -0.2) is 17.1 Å². The summed E-state index contributed by atoms with van der Waals surface area (Å²) in [5, 5.41) is 15.1. The Balaban J connectivity index is 2.29. The number of urea groups is 1. The quantitative estimate of drug-likeness (QED) is 0.500. The summed E-state index contributed by atoms with van der Waals surface area (Å²) in [5.74, 6) is -1.12. The number of hydrogen-bond acceptors (Lipinski definition) is 3. The lowest BCUT2D eigenvalue weighted by Crippen LogP contribution is -2.20. The third-order valence-corrected chi connectivity index (χ3v) is 5.12. The second-order valence-corrected chi connectivity index (χ2v) is 6.95. The molecule has 0 unspecified atom stereocenters. The summed E-state index contributed by atoms with van der Waals surface area (Å²) in [6.45, 7) is 3.73. The van der Waals surface area contributed by atoms with Gasteiger partial charge in [0.2, 0.25) is 0 Å². The number of rotatable bonds is 5. The molecule has 0 radical (unpaired) electrons. The van der Waals surface area contributed by atoms with Crippen LogP contribution in [-0.2, 0) is 0 Å². The van der Waals surface area contributed by atoms with Crippen molar-refractivity contribution in [3.63, 3.8) is 0 Å². The second kappa shape index (κ2) is 8.89. The van der Waals surface area contributed by atoms with Gasteiger partial charge in [0.15, 0.2) is 0 Å². The maximum absolute atomic E-state index is 12.3. The molecule has 0 saturated heterocycles. The molecular formula is C18H16Cl2N2O3S. The van der Waals surface area contributed by atoms with E-state index in [0.717, 1.165) is 21.8 Å². The van der Waals surface area contributed by atoms with Gasteiger partial charge in [-0.1, -0.05) is 47.5 Å². The molecule has 0 spiro atoms. The zero-order valence-corrected chi connectivity index (χ0v) is 16.3. The van der Waals surface area contributed by atoms with Crippen LogP contribution in [0.15, 0.2) is 42.5 Å². The fourth-order valence-electron chi connectivity index (χ4n) is 2.17. The number of anilines is 2. The van der Waals surface area contributed by atoms with Crippen LogP contribution in [0.25, 0.3) is 5.57 Å². The molecule has 0 aliphatic carbocycles. The minimum absolute atomic E-state index is 0.0317. The number of benzene rings is 1. The predicted octanol–water partition coefficient (Wildman–Crippen LogP) is 6.38. The standard InChI is InChI=1S/C18H16Cl2N2O3S/c1-3-6-10(4-2)14-9-13(16(26-14)17(23)24)21-18(25)22-15-11(19)7-5-8-12(15)20/h3-9H,1-2H3,(H,23,24)(H2,21,22,25)/b6-3-,10-4+. The third-order valence-electron chi connectivity index (χ3n) is 3.32. The average molecular weight is 411 g/mol. The van der Waals surface area contributed by atoms with Crippen LogP contribution in [0, 0.1) is 0 Å². The van der Waals surface area contributed by atoms with Crippen molar-refractivity contribution in [3.8, 4) is 0 Å². The second-order valence-electron chi connectivity index (χ2n) is 5.08. The fourth-order valence-corrected chi connectivity index (χ4v) is 3.67. The van der Waals surface area contributed by atoms with Crippen molar-refractivity contribution < 1.29 is 14.7 Å². The molecule has 1 aromatic carbocycles. The highest BCUT2D eigenvalue weighted by Gasteiger charge is 2.19. The van der Waals surface area contributed by atoms with Crippen molar-refractivity contribution in [2.75, 3.05) is 10.6 Å². The first-order chi connectivity index (χ1) is 12.4. The number of aromatic carboxylic acids is 1. The van der Waals surface area contributed by atoms with Crippen molar-refractivity contribution in [1.82, 2.24) is 0 Å². The van der Waals surface area contributed by atoms with Gasteiger partial charge in [0.25, 0.3) is 0 Å². The molecule has 0 aliphatic rings. The van der Waals surface area contributed by atoms with Crippen molar-refractivity contribution in [1.29, 1.82) is 0 Å². The Morgan fingerprint density at radius 2 is 1.81 bits per heavy atom. The van der Waals surface area contributed by atoms with Crippen LogP contribution >= 0.6 is 34.5 Å². The molecule has 5 nitrogen and oxygen atoms in total. The number of amides is 2. The number of thiophene rings is 1. The topological polar surface area (TPSA) is 78.4 Å². The highest BCUT2D eigenvalue weighted by Crippen LogP contribution is 2.34. The number of nitrogens with one attached hydrogen (secondary N) is 2. The molecule has 136 valence electrons. The number of carboxylic acid groups (broad SMARTS) is 1. The molecule has 0 fully saturated rings. The van der Waals surface area contributed by atoms with E-state index in [9.17, 15) is 14.7 Å². The highest BCUT2D eigenvalue weighted by atomic mass is 35.5. The normalized spacial score (nSPS) is 11.6. The maximum atomic E-state index is 12.3. The van der Waals surface area contributed by atoms with Crippen LogP contribution in [0.4, 0.5) is 16.2 Å². The van der Waals surface area contributed by atoms with Gasteiger partial charge in [0.05, 0.1) is 21.4 Å². The lowest BCUT2D eigenvalue weighted by atomic mass is 10.2. The van der Waals surface area contributed by atoms with Gasteiger partial charge in [-0.25, -0.2) is 9.59 Å². The zero-order valence-electron chi connectivity index (χ0n) is 14.0. The SMILES string of the molecule is C/C=C\C(=C/C)c1cc(NC(=O)Nc2c(Cl)cccc2Cl)c(C(=O)O)s1. The highest BCUT2D eigenvalue weighted by molar-refractivity contribution is 7.15. The van der Waals surface area contributed by atoms with Crippen LogP contribution in [0.5, 0.6) is 0 Å². The Kier molecular flexibility index (Phi) is 6.85. The number of para-hydroxylation sites is 1. The van der Waals surface area contributed by atoms with Crippen molar-refractivity contribution in [2.45, 2.75) is 13.8 Å². The number of carbonyl (C=O) groups is 2. The van der Waals surface area contributed by atoms with E-state index in [1.54, 1.807) is 24.3 Å². The van der Waals surface area contributed by atoms with E-state index < -0.39 is 12.0 Å². The first-order valence-corrected chi connectivity index (χ1v) is 9.13. The summed E-state index contributed by atoms with van der Waals surface area (Å²) in [7, 11) is 0. The summed E-state index contributed by atoms with van der Waals surface area (Å²) in [6.07, 6.45) is 5.59. The van der Waals surface area contributed by atoms with Gasteiger partial charge in [0.1, 0.15) is 4.88 Å². The van der Waals surface area contributed by atoms with Crippen molar-refractivity contribution in [3.05, 3.63) is 62.3 Å². The Morgan fingerprint density at radius 3 is 2.35 bits per heavy atom. The Bertz CT molecular complexity index is 884. The molecule has 1 aromatic heterocycles. The lowest BCUT2D eigenvalue weighted by molar-refractivity contribution is 0.0703. The van der Waals surface area contributed by atoms with Gasteiger partial charge in [0, 0.05) is 4.88 Å². The van der Waals surface area contributed by atoms with Gasteiger partial charge in [-0.05, 0) is 37.6 Å². The fraction of sp³-hybridized carbons (Fsp3) is 0.111. The number of halogens is 2. The molecule has 2 aromatic rings. The Labute approximate surface area is 164 Å². The minimum atomic E-state index is -1.12. The van der Waals surface area contributed by atoms with E-state index in [0.29, 0.717) is 0 Å². The van der Waals surface area contributed by atoms with Gasteiger partial charge in [-0.15, -0.1) is 11.3 Å². The largest absolute Gasteiger partial charge is 0.477 e. The number of hydrogen-bond donors (Lipinski definition) is 3. The smallest absolute Gasteiger partial charge is 0.348 e. The molecule has 8 heteroatoms. The molecule has 2 rings (SSSR count). The molecule has 2 amide bonds. The summed E-state index contributed by atoms with van der Waals surface area (Å²) < 4.78 is 0. The monoisotopic (exact) mass is 410 g/mol. The zero-order chi connectivity index (χ0) is 19.3. The molecule has 0 atom stereocenters. The van der Waals surface area contributed by atoms with Gasteiger partial charge < -0.3 is 15.7 Å². The first kappa shape index (κ1) is 20.0. The van der Waals surface area contributed by atoms with E-state index in [4.69, 9.17) is 23.2 Å². The van der Waals surface area contributed by atoms with Crippen LogP contribution < -0.4 is 10.6 Å². The van der Waals surface area contributed by atoms with Gasteiger partial charge in [-0.2, -0.15) is 0 Å². The van der Waals surface area contributed by atoms with Crippen LogP contribution in [0.1, 0.15) is 28.4 Å².